The van der Waals surface area contributed by atoms with Crippen molar-refractivity contribution in [3.63, 3.8) is 0 Å². The molecule has 0 radical (unpaired) electrons. The maximum absolute atomic E-state index is 12.3. The largest absolute Gasteiger partial charge is 0.351 e. The summed E-state index contributed by atoms with van der Waals surface area (Å²) in [5.41, 5.74) is 2.66. The van der Waals surface area contributed by atoms with E-state index in [4.69, 9.17) is 0 Å². The second-order valence-corrected chi connectivity index (χ2v) is 5.15. The van der Waals surface area contributed by atoms with Crippen LogP contribution in [0.1, 0.15) is 28.4 Å². The first kappa shape index (κ1) is 16.5. The zero-order valence-electron chi connectivity index (χ0n) is 13.3. The molecule has 0 heterocycles. The smallest absolute Gasteiger partial charge is 0.267 e. The van der Waals surface area contributed by atoms with Gasteiger partial charge in [-0.2, -0.15) is 0 Å². The number of rotatable bonds is 5. The molecule has 4 nitrogen and oxygen atoms in total. The highest BCUT2D eigenvalue weighted by atomic mass is 16.2. The molecule has 0 atom stereocenters. The van der Waals surface area contributed by atoms with Gasteiger partial charge in [-0.25, -0.2) is 0 Å². The Morgan fingerprint density at radius 1 is 1.00 bits per heavy atom. The van der Waals surface area contributed by atoms with Gasteiger partial charge < -0.3 is 10.6 Å². The van der Waals surface area contributed by atoms with Crippen molar-refractivity contribution in [3.05, 3.63) is 77.0 Å². The van der Waals surface area contributed by atoms with Crippen molar-refractivity contribution in [2.75, 3.05) is 6.54 Å². The summed E-state index contributed by atoms with van der Waals surface area (Å²) in [7, 11) is 0. The zero-order valence-corrected chi connectivity index (χ0v) is 13.3. The van der Waals surface area contributed by atoms with Crippen LogP contribution in [-0.2, 0) is 4.79 Å². The number of hydrogen-bond donors (Lipinski definition) is 2. The fourth-order valence-corrected chi connectivity index (χ4v) is 2.03. The molecule has 0 aliphatic heterocycles. The third-order valence-corrected chi connectivity index (χ3v) is 3.25. The molecule has 2 aromatic carbocycles. The number of carbonyl (C=O) groups excluding carboxylic acids is 2. The Morgan fingerprint density at radius 2 is 1.65 bits per heavy atom. The summed E-state index contributed by atoms with van der Waals surface area (Å²) in [6, 6.07) is 16.6. The van der Waals surface area contributed by atoms with Crippen LogP contribution >= 0.6 is 0 Å². The highest BCUT2D eigenvalue weighted by Crippen LogP contribution is 2.08. The van der Waals surface area contributed by atoms with Gasteiger partial charge in [0.15, 0.2) is 0 Å². The lowest BCUT2D eigenvalue weighted by molar-refractivity contribution is -0.117. The van der Waals surface area contributed by atoms with E-state index in [-0.39, 0.29) is 17.5 Å². The number of amides is 2. The van der Waals surface area contributed by atoms with Crippen LogP contribution < -0.4 is 10.6 Å². The van der Waals surface area contributed by atoms with Gasteiger partial charge >= 0.3 is 0 Å². The van der Waals surface area contributed by atoms with Gasteiger partial charge in [-0.05, 0) is 37.6 Å². The third kappa shape index (κ3) is 4.81. The first-order chi connectivity index (χ1) is 11.1. The maximum Gasteiger partial charge on any atom is 0.267 e. The monoisotopic (exact) mass is 308 g/mol. The average molecular weight is 308 g/mol. The molecule has 118 valence electrons. The summed E-state index contributed by atoms with van der Waals surface area (Å²) in [4.78, 5) is 24.5. The molecular formula is C19H20N2O2. The molecule has 0 saturated heterocycles. The van der Waals surface area contributed by atoms with Crippen molar-refractivity contribution >= 4 is 17.9 Å². The Bertz CT molecular complexity index is 704. The van der Waals surface area contributed by atoms with Crippen molar-refractivity contribution < 1.29 is 9.59 Å². The summed E-state index contributed by atoms with van der Waals surface area (Å²) < 4.78 is 0. The van der Waals surface area contributed by atoms with Crippen molar-refractivity contribution in [2.24, 2.45) is 0 Å². The number of nitrogens with one attached hydrogen (secondary N) is 2. The van der Waals surface area contributed by atoms with Crippen molar-refractivity contribution in [2.45, 2.75) is 13.8 Å². The van der Waals surface area contributed by atoms with Crippen molar-refractivity contribution in [3.8, 4) is 0 Å². The van der Waals surface area contributed by atoms with E-state index in [1.807, 2.05) is 56.3 Å². The van der Waals surface area contributed by atoms with Gasteiger partial charge in [0.1, 0.15) is 5.70 Å². The van der Waals surface area contributed by atoms with Crippen LogP contribution in [0.25, 0.3) is 6.08 Å². The number of carbonyl (C=O) groups is 2. The fourth-order valence-electron chi connectivity index (χ4n) is 2.03. The molecule has 0 spiro atoms. The van der Waals surface area contributed by atoms with Crippen LogP contribution in [-0.4, -0.2) is 18.4 Å². The summed E-state index contributed by atoms with van der Waals surface area (Å²) in [6.07, 6.45) is 1.66. The van der Waals surface area contributed by atoms with Crippen LogP contribution in [0, 0.1) is 6.92 Å². The zero-order chi connectivity index (χ0) is 16.7. The molecule has 4 heteroatoms. The van der Waals surface area contributed by atoms with Gasteiger partial charge in [-0.3, -0.25) is 9.59 Å². The quantitative estimate of drug-likeness (QED) is 0.834. The number of likely N-dealkylation sites (N-methyl/N-ethyl adjacent to an activating group) is 1. The molecule has 2 aromatic rings. The topological polar surface area (TPSA) is 58.2 Å². The van der Waals surface area contributed by atoms with E-state index >= 15 is 0 Å². The van der Waals surface area contributed by atoms with Crippen LogP contribution in [0.15, 0.2) is 60.3 Å². The van der Waals surface area contributed by atoms with Gasteiger partial charge in [0.2, 0.25) is 0 Å². The Morgan fingerprint density at radius 3 is 2.26 bits per heavy atom. The Kier molecular flexibility index (Phi) is 5.69. The molecule has 0 aromatic heterocycles. The highest BCUT2D eigenvalue weighted by molar-refractivity contribution is 6.05. The van der Waals surface area contributed by atoms with Crippen LogP contribution in [0.4, 0.5) is 0 Å². The molecule has 0 saturated carbocycles. The van der Waals surface area contributed by atoms with Crippen LogP contribution in [0.3, 0.4) is 0 Å². The second kappa shape index (κ2) is 7.94. The highest BCUT2D eigenvalue weighted by Gasteiger charge is 2.13. The standard InChI is InChI=1S/C19H20N2O2/c1-3-20-19(23)17(13-15-7-5-4-6-8-15)21-18(22)16-11-9-14(2)10-12-16/h4-13H,3H2,1-2H3,(H,20,23)(H,21,22). The van der Waals surface area contributed by atoms with Crippen LogP contribution in [0.2, 0.25) is 0 Å². The number of aryl methyl sites for hydroxylation is 1. The van der Waals surface area contributed by atoms with E-state index in [1.165, 1.54) is 0 Å². The van der Waals surface area contributed by atoms with Gasteiger partial charge in [-0.15, -0.1) is 0 Å². The van der Waals surface area contributed by atoms with Gasteiger partial charge in [0, 0.05) is 12.1 Å². The van der Waals surface area contributed by atoms with Gasteiger partial charge in [0.25, 0.3) is 11.8 Å². The van der Waals surface area contributed by atoms with Crippen molar-refractivity contribution in [1.82, 2.24) is 10.6 Å². The second-order valence-electron chi connectivity index (χ2n) is 5.15. The van der Waals surface area contributed by atoms with E-state index in [0.29, 0.717) is 12.1 Å². The minimum absolute atomic E-state index is 0.226. The molecule has 2 amide bonds. The van der Waals surface area contributed by atoms with Crippen LogP contribution in [0.5, 0.6) is 0 Å². The Balaban J connectivity index is 2.24. The van der Waals surface area contributed by atoms with Gasteiger partial charge in [-0.1, -0.05) is 48.0 Å². The van der Waals surface area contributed by atoms with E-state index in [0.717, 1.165) is 11.1 Å². The Hall–Kier alpha value is -2.88. The first-order valence-corrected chi connectivity index (χ1v) is 7.53. The van der Waals surface area contributed by atoms with E-state index < -0.39 is 0 Å². The van der Waals surface area contributed by atoms with Crippen molar-refractivity contribution in [1.29, 1.82) is 0 Å². The van der Waals surface area contributed by atoms with Gasteiger partial charge in [0.05, 0.1) is 0 Å². The minimum atomic E-state index is -0.309. The molecule has 0 aliphatic rings. The fraction of sp³-hybridized carbons (Fsp3) is 0.158. The first-order valence-electron chi connectivity index (χ1n) is 7.53. The predicted molar refractivity (Wildman–Crippen MR) is 91.7 cm³/mol. The summed E-state index contributed by atoms with van der Waals surface area (Å²) in [6.45, 7) is 4.28. The SMILES string of the molecule is CCNC(=O)C(=Cc1ccccc1)NC(=O)c1ccc(C)cc1. The lowest BCUT2D eigenvalue weighted by atomic mass is 10.1. The molecular weight excluding hydrogens is 288 g/mol. The van der Waals surface area contributed by atoms with E-state index in [2.05, 4.69) is 10.6 Å². The lowest BCUT2D eigenvalue weighted by Crippen LogP contribution is -2.34. The summed E-state index contributed by atoms with van der Waals surface area (Å²) >= 11 is 0. The average Bonchev–Trinajstić information content (AvgIpc) is 2.56. The molecule has 0 aliphatic carbocycles. The molecule has 2 N–H and O–H groups in total. The summed E-state index contributed by atoms with van der Waals surface area (Å²) in [5.74, 6) is -0.616. The molecule has 0 unspecified atom stereocenters. The molecule has 0 fully saturated rings. The molecule has 2 rings (SSSR count). The summed E-state index contributed by atoms with van der Waals surface area (Å²) in [5, 5.41) is 5.41. The van der Waals surface area contributed by atoms with E-state index in [1.54, 1.807) is 18.2 Å². The normalized spacial score (nSPS) is 11.0. The van der Waals surface area contributed by atoms with E-state index in [9.17, 15) is 9.59 Å². The Labute approximate surface area is 136 Å². The molecule has 23 heavy (non-hydrogen) atoms. The number of benzene rings is 2. The molecule has 0 bridgehead atoms. The third-order valence-electron chi connectivity index (χ3n) is 3.25. The minimum Gasteiger partial charge on any atom is -0.351 e. The predicted octanol–water partition coefficient (Wildman–Crippen LogP) is 2.90. The maximum atomic E-state index is 12.3. The number of hydrogen-bond acceptors (Lipinski definition) is 2. The lowest BCUT2D eigenvalue weighted by Gasteiger charge is -2.10.